The molecule has 0 aliphatic carbocycles. The number of nitrogens with zero attached hydrogens (tertiary/aromatic N) is 2. The normalized spacial score (nSPS) is 11.4. The highest BCUT2D eigenvalue weighted by atomic mass is 35.5. The summed E-state index contributed by atoms with van der Waals surface area (Å²) in [5, 5.41) is 12.0. The van der Waals surface area contributed by atoms with Gasteiger partial charge in [-0.2, -0.15) is 11.8 Å². The average molecular weight is 375 g/mol. The molecule has 1 heterocycles. The number of nitrogens with two attached hydrogens (primary N) is 1. The first kappa shape index (κ1) is 19.7. The SMILES string of the molecule is COc1ccc(-c2nnc(NC(=O)C(N)CCSC)s2)cc1.Cl. The smallest absolute Gasteiger partial charge is 0.243 e. The van der Waals surface area contributed by atoms with E-state index < -0.39 is 6.04 Å². The van der Waals surface area contributed by atoms with Crippen molar-refractivity contribution < 1.29 is 9.53 Å². The number of thioether (sulfide) groups is 1. The van der Waals surface area contributed by atoms with Crippen molar-refractivity contribution in [3.8, 4) is 16.3 Å². The van der Waals surface area contributed by atoms with Gasteiger partial charge in [-0.25, -0.2) is 0 Å². The van der Waals surface area contributed by atoms with Crippen molar-refractivity contribution in [2.45, 2.75) is 12.5 Å². The number of ether oxygens (including phenoxy) is 1. The molecule has 1 unspecified atom stereocenters. The van der Waals surface area contributed by atoms with Crippen molar-refractivity contribution in [3.05, 3.63) is 24.3 Å². The lowest BCUT2D eigenvalue weighted by atomic mass is 10.2. The second-order valence-electron chi connectivity index (χ2n) is 4.52. The van der Waals surface area contributed by atoms with E-state index in [-0.39, 0.29) is 18.3 Å². The van der Waals surface area contributed by atoms with E-state index in [4.69, 9.17) is 10.5 Å². The van der Waals surface area contributed by atoms with Crippen molar-refractivity contribution in [2.75, 3.05) is 24.4 Å². The molecule has 1 aromatic carbocycles. The van der Waals surface area contributed by atoms with Gasteiger partial charge < -0.3 is 10.5 Å². The van der Waals surface area contributed by atoms with Crippen molar-refractivity contribution in [1.82, 2.24) is 10.2 Å². The van der Waals surface area contributed by atoms with Gasteiger partial charge in [0.15, 0.2) is 0 Å². The molecule has 0 saturated carbocycles. The van der Waals surface area contributed by atoms with Crippen LogP contribution in [0.25, 0.3) is 10.6 Å². The lowest BCUT2D eigenvalue weighted by molar-refractivity contribution is -0.117. The van der Waals surface area contributed by atoms with E-state index in [0.717, 1.165) is 22.1 Å². The van der Waals surface area contributed by atoms with Gasteiger partial charge in [0.25, 0.3) is 0 Å². The minimum atomic E-state index is -0.527. The van der Waals surface area contributed by atoms with E-state index in [1.807, 2.05) is 30.5 Å². The summed E-state index contributed by atoms with van der Waals surface area (Å²) in [5.41, 5.74) is 6.74. The van der Waals surface area contributed by atoms with Crippen LogP contribution in [-0.4, -0.2) is 41.3 Å². The maximum Gasteiger partial charge on any atom is 0.243 e. The summed E-state index contributed by atoms with van der Waals surface area (Å²) in [6.07, 6.45) is 2.62. The fraction of sp³-hybridized carbons (Fsp3) is 0.357. The molecule has 0 bridgehead atoms. The maximum absolute atomic E-state index is 11.9. The third-order valence-electron chi connectivity index (χ3n) is 2.96. The lowest BCUT2D eigenvalue weighted by Gasteiger charge is -2.08. The van der Waals surface area contributed by atoms with Gasteiger partial charge in [0.05, 0.1) is 13.2 Å². The molecule has 0 aliphatic rings. The molecule has 3 N–H and O–H groups in total. The summed E-state index contributed by atoms with van der Waals surface area (Å²) in [5.74, 6) is 1.40. The molecule has 1 aromatic heterocycles. The standard InChI is InChI=1S/C14H18N4O2S2.ClH/c1-20-10-5-3-9(4-6-10)13-17-18-14(22-13)16-12(19)11(15)7-8-21-2;/h3-6,11H,7-8,15H2,1-2H3,(H,16,18,19);1H. The quantitative estimate of drug-likeness (QED) is 0.774. The highest BCUT2D eigenvalue weighted by Gasteiger charge is 2.15. The van der Waals surface area contributed by atoms with E-state index in [1.165, 1.54) is 11.3 Å². The number of hydrogen-bond acceptors (Lipinski definition) is 7. The number of carbonyl (C=O) groups excluding carboxylic acids is 1. The van der Waals surface area contributed by atoms with Crippen LogP contribution < -0.4 is 15.8 Å². The van der Waals surface area contributed by atoms with Gasteiger partial charge in [0.2, 0.25) is 11.0 Å². The first-order chi connectivity index (χ1) is 10.6. The molecule has 0 spiro atoms. The first-order valence-electron chi connectivity index (χ1n) is 6.67. The van der Waals surface area contributed by atoms with Crippen LogP contribution in [0.5, 0.6) is 5.75 Å². The van der Waals surface area contributed by atoms with E-state index >= 15 is 0 Å². The Hall–Kier alpha value is -1.35. The zero-order valence-corrected chi connectivity index (χ0v) is 15.3. The van der Waals surface area contributed by atoms with Crippen molar-refractivity contribution in [2.24, 2.45) is 5.73 Å². The number of halogens is 1. The van der Waals surface area contributed by atoms with Gasteiger partial charge in [-0.1, -0.05) is 11.3 Å². The molecule has 23 heavy (non-hydrogen) atoms. The molecule has 9 heteroatoms. The fourth-order valence-corrected chi connectivity index (χ4v) is 2.94. The van der Waals surface area contributed by atoms with Crippen LogP contribution in [-0.2, 0) is 4.79 Å². The molecular formula is C14H19ClN4O2S2. The molecule has 2 rings (SSSR count). The Morgan fingerprint density at radius 3 is 2.70 bits per heavy atom. The predicted octanol–water partition coefficient (Wildman–Crippen LogP) is 2.65. The van der Waals surface area contributed by atoms with Gasteiger partial charge in [0, 0.05) is 5.56 Å². The summed E-state index contributed by atoms with van der Waals surface area (Å²) in [6.45, 7) is 0. The highest BCUT2D eigenvalue weighted by Crippen LogP contribution is 2.27. The number of methoxy groups -OCH3 is 1. The Balaban J connectivity index is 0.00000264. The minimum Gasteiger partial charge on any atom is -0.497 e. The Bertz CT molecular complexity index is 621. The number of rotatable bonds is 7. The molecule has 6 nitrogen and oxygen atoms in total. The topological polar surface area (TPSA) is 90.1 Å². The second kappa shape index (κ2) is 9.71. The second-order valence-corrected chi connectivity index (χ2v) is 6.48. The van der Waals surface area contributed by atoms with Crippen LogP contribution in [0.2, 0.25) is 0 Å². The maximum atomic E-state index is 11.9. The zero-order valence-electron chi connectivity index (χ0n) is 12.8. The number of carbonyl (C=O) groups is 1. The molecule has 126 valence electrons. The molecule has 1 amide bonds. The zero-order chi connectivity index (χ0) is 15.9. The van der Waals surface area contributed by atoms with E-state index in [2.05, 4.69) is 15.5 Å². The Morgan fingerprint density at radius 1 is 1.39 bits per heavy atom. The summed E-state index contributed by atoms with van der Waals surface area (Å²) in [7, 11) is 1.62. The largest absolute Gasteiger partial charge is 0.497 e. The van der Waals surface area contributed by atoms with E-state index in [9.17, 15) is 4.79 Å². The van der Waals surface area contributed by atoms with Crippen LogP contribution >= 0.6 is 35.5 Å². The van der Waals surface area contributed by atoms with Gasteiger partial charge in [0.1, 0.15) is 10.8 Å². The summed E-state index contributed by atoms with van der Waals surface area (Å²) < 4.78 is 5.12. The Kier molecular flexibility index (Phi) is 8.32. The van der Waals surface area contributed by atoms with Gasteiger partial charge in [-0.15, -0.1) is 22.6 Å². The highest BCUT2D eigenvalue weighted by molar-refractivity contribution is 7.98. The monoisotopic (exact) mass is 374 g/mol. The molecule has 0 fully saturated rings. The number of hydrogen-bond donors (Lipinski definition) is 2. The molecule has 0 aliphatic heterocycles. The summed E-state index contributed by atoms with van der Waals surface area (Å²) in [4.78, 5) is 11.9. The van der Waals surface area contributed by atoms with Crippen LogP contribution in [0.4, 0.5) is 5.13 Å². The summed E-state index contributed by atoms with van der Waals surface area (Å²) >= 11 is 2.98. The third kappa shape index (κ3) is 5.65. The fourth-order valence-electron chi connectivity index (χ4n) is 1.70. The van der Waals surface area contributed by atoms with Gasteiger partial charge >= 0.3 is 0 Å². The first-order valence-corrected chi connectivity index (χ1v) is 8.88. The molecular weight excluding hydrogens is 356 g/mol. The Labute approximate surface area is 149 Å². The van der Waals surface area contributed by atoms with Crippen molar-refractivity contribution in [3.63, 3.8) is 0 Å². The number of benzene rings is 1. The average Bonchev–Trinajstić information content (AvgIpc) is 3.01. The lowest BCUT2D eigenvalue weighted by Crippen LogP contribution is -2.36. The summed E-state index contributed by atoms with van der Waals surface area (Å²) in [6, 6.07) is 6.98. The van der Waals surface area contributed by atoms with Crippen molar-refractivity contribution in [1.29, 1.82) is 0 Å². The van der Waals surface area contributed by atoms with Crippen LogP contribution in [0.15, 0.2) is 24.3 Å². The molecule has 0 radical (unpaired) electrons. The third-order valence-corrected chi connectivity index (χ3v) is 4.49. The Morgan fingerprint density at radius 2 is 2.09 bits per heavy atom. The number of anilines is 1. The minimum absolute atomic E-state index is 0. The van der Waals surface area contributed by atoms with Crippen molar-refractivity contribution >= 4 is 46.5 Å². The van der Waals surface area contributed by atoms with Gasteiger partial charge in [-0.3, -0.25) is 10.1 Å². The van der Waals surface area contributed by atoms with Crippen LogP contribution in [0, 0.1) is 0 Å². The predicted molar refractivity (Wildman–Crippen MR) is 98.7 cm³/mol. The molecule has 1 atom stereocenters. The van der Waals surface area contributed by atoms with Crippen LogP contribution in [0.3, 0.4) is 0 Å². The van der Waals surface area contributed by atoms with E-state index in [0.29, 0.717) is 11.6 Å². The van der Waals surface area contributed by atoms with Gasteiger partial charge in [-0.05, 0) is 42.7 Å². The molecule has 0 saturated heterocycles. The number of amides is 1. The number of aromatic nitrogens is 2. The van der Waals surface area contributed by atoms with E-state index in [1.54, 1.807) is 18.9 Å². The van der Waals surface area contributed by atoms with Crippen LogP contribution in [0.1, 0.15) is 6.42 Å². The number of nitrogens with one attached hydrogen (secondary N) is 1. The molecule has 2 aromatic rings.